The number of fused-ring (bicyclic) bond motifs is 1. The summed E-state index contributed by atoms with van der Waals surface area (Å²) in [5.74, 6) is -6.03. The number of methoxy groups -OCH3 is 1. The summed E-state index contributed by atoms with van der Waals surface area (Å²) in [5, 5.41) is 66.0. The zero-order valence-electron chi connectivity index (χ0n) is 40.7. The number of likely N-dealkylation sites (N-methyl/N-ethyl adjacent to an activating group) is 1. The van der Waals surface area contributed by atoms with E-state index in [0.29, 0.717) is 12.1 Å². The summed E-state index contributed by atoms with van der Waals surface area (Å²) in [6, 6.07) is 8.83. The molecular formula is C48H76N4O14. The van der Waals surface area contributed by atoms with E-state index in [9.17, 15) is 39.9 Å². The molecule has 1 aromatic carbocycles. The Balaban J connectivity index is 1.49. The summed E-state index contributed by atoms with van der Waals surface area (Å²) in [6.45, 7) is 14.1. The van der Waals surface area contributed by atoms with Gasteiger partial charge in [-0.2, -0.15) is 0 Å². The SMILES string of the molecule is COC1(C)CC(O[C@@H]2C(C)C(=O)O[C@H](CCNC(=O)CNc3cccc4ncccc34)[C@@](C)(O)[C@H](O)[C@@H](C)C(=O)[C@H](C)C[C@@](C)(O)[C@H](OC3OC(C)CC(N(C)C)C3O)[C@H]2C)OC(C)C1O. The molecule has 4 heterocycles. The number of carbonyl (C=O) groups is 3. The van der Waals surface area contributed by atoms with Crippen LogP contribution in [0.15, 0.2) is 36.5 Å². The number of carbonyl (C=O) groups excluding carboxylic acids is 3. The number of ether oxygens (including phenoxy) is 6. The number of nitrogens with zero attached hydrogens (tertiary/aromatic N) is 2. The number of hydrogen-bond donors (Lipinski definition) is 7. The highest BCUT2D eigenvalue weighted by Gasteiger charge is 2.53. The van der Waals surface area contributed by atoms with Crippen LogP contribution in [-0.4, -0.2) is 172 Å². The smallest absolute Gasteiger partial charge is 0.311 e. The van der Waals surface area contributed by atoms with Crippen LogP contribution >= 0.6 is 0 Å². The number of rotatable bonds is 12. The Morgan fingerprint density at radius 2 is 1.62 bits per heavy atom. The van der Waals surface area contributed by atoms with Crippen molar-refractivity contribution in [1.29, 1.82) is 0 Å². The largest absolute Gasteiger partial charge is 0.459 e. The van der Waals surface area contributed by atoms with E-state index in [0.717, 1.165) is 10.9 Å². The highest BCUT2D eigenvalue weighted by atomic mass is 16.7. The number of benzene rings is 1. The maximum atomic E-state index is 14.7. The minimum atomic E-state index is -2.23. The van der Waals surface area contributed by atoms with Crippen molar-refractivity contribution in [1.82, 2.24) is 15.2 Å². The van der Waals surface area contributed by atoms with Crippen molar-refractivity contribution in [3.63, 3.8) is 0 Å². The van der Waals surface area contributed by atoms with Gasteiger partial charge in [-0.25, -0.2) is 0 Å². The van der Waals surface area contributed by atoms with Crippen LogP contribution in [0.2, 0.25) is 0 Å². The van der Waals surface area contributed by atoms with Gasteiger partial charge in [0.05, 0.1) is 59.7 Å². The van der Waals surface area contributed by atoms with Crippen molar-refractivity contribution in [2.75, 3.05) is 39.6 Å². The van der Waals surface area contributed by atoms with E-state index in [1.807, 2.05) is 50.2 Å². The zero-order chi connectivity index (χ0) is 49.1. The molecule has 18 nitrogen and oxygen atoms in total. The molecule has 7 N–H and O–H groups in total. The summed E-state index contributed by atoms with van der Waals surface area (Å²) >= 11 is 0. The first kappa shape index (κ1) is 53.6. The van der Waals surface area contributed by atoms with Gasteiger partial charge in [0, 0.05) is 67.6 Å². The van der Waals surface area contributed by atoms with E-state index >= 15 is 0 Å². The number of pyridine rings is 1. The van der Waals surface area contributed by atoms with Crippen molar-refractivity contribution in [2.45, 2.75) is 172 Å². The average molecular weight is 933 g/mol. The van der Waals surface area contributed by atoms with Gasteiger partial charge in [-0.3, -0.25) is 19.4 Å². The molecule has 372 valence electrons. The number of hydrogen-bond acceptors (Lipinski definition) is 17. The van der Waals surface area contributed by atoms with Crippen molar-refractivity contribution >= 4 is 34.3 Å². The lowest BCUT2D eigenvalue weighted by Gasteiger charge is -2.49. The van der Waals surface area contributed by atoms with E-state index < -0.39 is 113 Å². The number of Topliss-reactive ketones (excluding diaryl/α,β-unsaturated/α-hetero) is 1. The third-order valence-corrected chi connectivity index (χ3v) is 14.3. The van der Waals surface area contributed by atoms with E-state index in [-0.39, 0.29) is 44.5 Å². The van der Waals surface area contributed by atoms with Crippen molar-refractivity contribution in [2.24, 2.45) is 23.7 Å². The maximum absolute atomic E-state index is 14.7. The Hall–Kier alpha value is -3.40. The Morgan fingerprint density at radius 1 is 0.924 bits per heavy atom. The molecule has 1 amide bonds. The summed E-state index contributed by atoms with van der Waals surface area (Å²) in [4.78, 5) is 48.3. The molecule has 5 rings (SSSR count). The Labute approximate surface area is 389 Å². The van der Waals surface area contributed by atoms with Crippen molar-refractivity contribution in [3.8, 4) is 0 Å². The number of ketones is 1. The first-order valence-electron chi connectivity index (χ1n) is 23.2. The van der Waals surface area contributed by atoms with Crippen LogP contribution in [0.5, 0.6) is 0 Å². The first-order chi connectivity index (χ1) is 30.8. The lowest BCUT2D eigenvalue weighted by molar-refractivity contribution is -0.318. The fourth-order valence-electron chi connectivity index (χ4n) is 10.1. The zero-order valence-corrected chi connectivity index (χ0v) is 40.7. The van der Waals surface area contributed by atoms with Gasteiger partial charge in [-0.05, 0) is 92.7 Å². The van der Waals surface area contributed by atoms with Crippen molar-refractivity contribution in [3.05, 3.63) is 36.5 Å². The van der Waals surface area contributed by atoms with Gasteiger partial charge in [0.15, 0.2) is 12.6 Å². The number of cyclic esters (lactones) is 1. The second kappa shape index (κ2) is 21.9. The van der Waals surface area contributed by atoms with Gasteiger partial charge in [-0.1, -0.05) is 26.8 Å². The van der Waals surface area contributed by atoms with E-state index in [1.54, 1.807) is 46.9 Å². The molecule has 18 heteroatoms. The predicted molar refractivity (Wildman–Crippen MR) is 244 cm³/mol. The van der Waals surface area contributed by atoms with Gasteiger partial charge >= 0.3 is 5.97 Å². The molecule has 18 atom stereocenters. The molecule has 3 fully saturated rings. The Kier molecular flexibility index (Phi) is 17.8. The van der Waals surface area contributed by atoms with Crippen LogP contribution in [0.1, 0.15) is 88.0 Å². The van der Waals surface area contributed by atoms with Gasteiger partial charge in [0.25, 0.3) is 0 Å². The molecule has 3 aliphatic rings. The first-order valence-corrected chi connectivity index (χ1v) is 23.2. The van der Waals surface area contributed by atoms with Gasteiger partial charge in [0.2, 0.25) is 5.91 Å². The second-order valence-corrected chi connectivity index (χ2v) is 19.9. The molecule has 1 aromatic heterocycles. The van der Waals surface area contributed by atoms with Crippen LogP contribution in [-0.2, 0) is 42.8 Å². The highest BCUT2D eigenvalue weighted by molar-refractivity contribution is 5.93. The molecule has 3 aliphatic heterocycles. The minimum absolute atomic E-state index is 0.0350. The summed E-state index contributed by atoms with van der Waals surface area (Å²) in [7, 11) is 5.13. The van der Waals surface area contributed by atoms with Crippen LogP contribution in [0.25, 0.3) is 10.9 Å². The number of esters is 1. The summed E-state index contributed by atoms with van der Waals surface area (Å²) in [6.07, 6.45) is -9.49. The van der Waals surface area contributed by atoms with Gasteiger partial charge < -0.3 is 69.5 Å². The van der Waals surface area contributed by atoms with Crippen LogP contribution < -0.4 is 10.6 Å². The lowest BCUT2D eigenvalue weighted by atomic mass is 9.74. The summed E-state index contributed by atoms with van der Waals surface area (Å²) < 4.78 is 37.7. The van der Waals surface area contributed by atoms with E-state index in [4.69, 9.17) is 28.4 Å². The molecule has 0 radical (unpaired) electrons. The predicted octanol–water partition coefficient (Wildman–Crippen LogP) is 2.54. The number of amides is 1. The fourth-order valence-corrected chi connectivity index (χ4v) is 10.1. The lowest BCUT2D eigenvalue weighted by Crippen LogP contribution is -2.61. The molecular weight excluding hydrogens is 857 g/mol. The Bertz CT molecular complexity index is 1950. The highest BCUT2D eigenvalue weighted by Crippen LogP contribution is 2.41. The monoisotopic (exact) mass is 933 g/mol. The topological polar surface area (TPSA) is 248 Å². The molecule has 0 aliphatic carbocycles. The number of nitrogens with one attached hydrogen (secondary N) is 2. The minimum Gasteiger partial charge on any atom is -0.459 e. The third kappa shape index (κ3) is 12.1. The molecule has 66 heavy (non-hydrogen) atoms. The third-order valence-electron chi connectivity index (χ3n) is 14.3. The molecule has 0 saturated carbocycles. The molecule has 0 bridgehead atoms. The standard InChI is InChI=1S/C48H76N4O14/c1-25-22-46(7,59)43(66-45-39(55)34(52(10)11)21-26(2)62-45)28(4)40(65-37-23-47(8,61-12)42(57)30(6)63-37)29(5)44(58)64-35(48(9,60)41(56)27(3)38(25)54)18-20-50-36(53)24-51-33-17-13-16-32-31(33)15-14-19-49-32/h13-17,19,25-30,34-35,37,39-43,45,51,55-57,59-60H,18,20-24H2,1-12H3,(H,50,53)/t25-,26?,27+,28+,29?,30?,34?,35-,37?,39?,40+,41-,42?,43-,45?,46-,47?,48-/m1/s1. The maximum Gasteiger partial charge on any atom is 0.311 e. The molecule has 9 unspecified atom stereocenters. The van der Waals surface area contributed by atoms with Crippen LogP contribution in [0.3, 0.4) is 0 Å². The summed E-state index contributed by atoms with van der Waals surface area (Å²) in [5.41, 5.74) is -3.75. The number of anilines is 1. The van der Waals surface area contributed by atoms with Crippen LogP contribution in [0, 0.1) is 23.7 Å². The number of aliphatic hydroxyl groups excluding tert-OH is 3. The molecule has 2 aromatic rings. The van der Waals surface area contributed by atoms with Gasteiger partial charge in [0.1, 0.15) is 29.7 Å². The van der Waals surface area contributed by atoms with E-state index in [2.05, 4.69) is 15.6 Å². The Morgan fingerprint density at radius 3 is 2.29 bits per heavy atom. The van der Waals surface area contributed by atoms with Crippen molar-refractivity contribution < 1.29 is 68.3 Å². The second-order valence-electron chi connectivity index (χ2n) is 19.9. The fraction of sp³-hybridized carbons (Fsp3) is 0.750. The van der Waals surface area contributed by atoms with Crippen LogP contribution in [0.4, 0.5) is 5.69 Å². The van der Waals surface area contributed by atoms with Gasteiger partial charge in [-0.15, -0.1) is 0 Å². The quantitative estimate of drug-likeness (QED) is 0.151. The number of aliphatic hydroxyl groups is 5. The number of aromatic nitrogens is 1. The molecule has 3 saturated heterocycles. The normalized spacial score (nSPS) is 41.0. The average Bonchev–Trinajstić information content (AvgIpc) is 3.26. The van der Waals surface area contributed by atoms with E-state index in [1.165, 1.54) is 27.9 Å². The molecule has 0 spiro atoms.